The molecule has 7 heteroatoms. The zero-order chi connectivity index (χ0) is 16.2. The third kappa shape index (κ3) is 3.41. The predicted octanol–water partition coefficient (Wildman–Crippen LogP) is 3.68. The molecule has 0 atom stereocenters. The lowest BCUT2D eigenvalue weighted by molar-refractivity contribution is 0.100. The number of thiophene rings is 1. The van der Waals surface area contributed by atoms with Crippen LogP contribution in [0.4, 0.5) is 4.39 Å². The van der Waals surface area contributed by atoms with Crippen molar-refractivity contribution in [1.29, 1.82) is 0 Å². The van der Waals surface area contributed by atoms with Gasteiger partial charge in [0.1, 0.15) is 5.82 Å². The van der Waals surface area contributed by atoms with E-state index >= 15 is 0 Å². The van der Waals surface area contributed by atoms with E-state index in [4.69, 9.17) is 4.74 Å². The van der Waals surface area contributed by atoms with Crippen LogP contribution in [0.2, 0.25) is 0 Å². The monoisotopic (exact) mass is 350 g/mol. The standard InChI is InChI=1S/C16H15FN2O2S2/c1-2-21-9-8-19-14-11(17)5-3-6-12(14)23-16(19)18-15(20)13-7-4-10-22-13/h3-7,10H,2,8-9H2,1H3. The fraction of sp³-hybridized carbons (Fsp3) is 0.250. The Labute approximate surface area is 140 Å². The molecule has 0 aliphatic carbocycles. The van der Waals surface area contributed by atoms with Gasteiger partial charge in [-0.05, 0) is 30.5 Å². The van der Waals surface area contributed by atoms with E-state index in [1.54, 1.807) is 22.8 Å². The van der Waals surface area contributed by atoms with E-state index in [-0.39, 0.29) is 11.7 Å². The SMILES string of the molecule is CCOCCn1c(=NC(=O)c2cccs2)sc2cccc(F)c21. The second-order valence-corrected chi connectivity index (χ2v) is 6.67. The van der Waals surface area contributed by atoms with Gasteiger partial charge in [0.25, 0.3) is 5.91 Å². The molecule has 4 nitrogen and oxygen atoms in total. The highest BCUT2D eigenvalue weighted by Gasteiger charge is 2.12. The van der Waals surface area contributed by atoms with Gasteiger partial charge in [-0.25, -0.2) is 4.39 Å². The molecule has 0 unspecified atom stereocenters. The normalized spacial score (nSPS) is 12.2. The molecule has 0 N–H and O–H groups in total. The summed E-state index contributed by atoms with van der Waals surface area (Å²) in [6, 6.07) is 8.44. The molecule has 3 aromatic rings. The predicted molar refractivity (Wildman–Crippen MR) is 90.5 cm³/mol. The molecule has 0 aliphatic rings. The summed E-state index contributed by atoms with van der Waals surface area (Å²) in [6.07, 6.45) is 0. The molecular weight excluding hydrogens is 335 g/mol. The molecule has 0 aliphatic heterocycles. The third-order valence-electron chi connectivity index (χ3n) is 3.24. The minimum atomic E-state index is -0.319. The van der Waals surface area contributed by atoms with Crippen LogP contribution in [0.15, 0.2) is 40.7 Å². The Morgan fingerprint density at radius 1 is 1.35 bits per heavy atom. The van der Waals surface area contributed by atoms with Crippen molar-refractivity contribution >= 4 is 38.8 Å². The number of hydrogen-bond donors (Lipinski definition) is 0. The van der Waals surface area contributed by atoms with Crippen molar-refractivity contribution in [2.45, 2.75) is 13.5 Å². The summed E-state index contributed by atoms with van der Waals surface area (Å²) in [4.78, 5) is 17.5. The summed E-state index contributed by atoms with van der Waals surface area (Å²) in [5.41, 5.74) is 0.468. The Hall–Kier alpha value is -1.83. The largest absolute Gasteiger partial charge is 0.380 e. The number of thiazole rings is 1. The first-order valence-electron chi connectivity index (χ1n) is 7.19. The number of fused-ring (bicyclic) bond motifs is 1. The van der Waals surface area contributed by atoms with Crippen molar-refractivity contribution in [3.63, 3.8) is 0 Å². The minimum absolute atomic E-state index is 0.308. The van der Waals surface area contributed by atoms with E-state index < -0.39 is 0 Å². The molecule has 3 rings (SSSR count). The van der Waals surface area contributed by atoms with Crippen LogP contribution in [-0.4, -0.2) is 23.7 Å². The van der Waals surface area contributed by atoms with E-state index in [2.05, 4.69) is 4.99 Å². The Morgan fingerprint density at radius 2 is 2.22 bits per heavy atom. The van der Waals surface area contributed by atoms with Gasteiger partial charge in [0.2, 0.25) is 0 Å². The highest BCUT2D eigenvalue weighted by molar-refractivity contribution is 7.16. The van der Waals surface area contributed by atoms with Gasteiger partial charge in [-0.15, -0.1) is 11.3 Å². The molecule has 23 heavy (non-hydrogen) atoms. The van der Waals surface area contributed by atoms with Crippen LogP contribution in [0.25, 0.3) is 10.2 Å². The maximum Gasteiger partial charge on any atom is 0.289 e. The van der Waals surface area contributed by atoms with Gasteiger partial charge >= 0.3 is 0 Å². The van der Waals surface area contributed by atoms with E-state index in [0.717, 1.165) is 4.70 Å². The average Bonchev–Trinajstić information content (AvgIpc) is 3.17. The van der Waals surface area contributed by atoms with Crippen molar-refractivity contribution < 1.29 is 13.9 Å². The number of carbonyl (C=O) groups excluding carboxylic acids is 1. The molecular formula is C16H15FN2O2S2. The Kier molecular flexibility index (Phi) is 5.00. The number of halogens is 1. The summed E-state index contributed by atoms with van der Waals surface area (Å²) in [5, 5.41) is 1.83. The lowest BCUT2D eigenvalue weighted by atomic mass is 10.3. The topological polar surface area (TPSA) is 43.6 Å². The number of para-hydroxylation sites is 1. The van der Waals surface area contributed by atoms with Crippen LogP contribution in [-0.2, 0) is 11.3 Å². The lowest BCUT2D eigenvalue weighted by Crippen LogP contribution is -2.20. The summed E-state index contributed by atoms with van der Waals surface area (Å²) < 4.78 is 22.0. The van der Waals surface area contributed by atoms with Gasteiger partial charge in [-0.1, -0.05) is 23.5 Å². The molecule has 0 spiro atoms. The number of hydrogen-bond acceptors (Lipinski definition) is 4. The number of benzene rings is 1. The molecule has 0 radical (unpaired) electrons. The molecule has 120 valence electrons. The van der Waals surface area contributed by atoms with Crippen LogP contribution in [0.5, 0.6) is 0 Å². The number of carbonyl (C=O) groups is 1. The molecule has 1 aromatic carbocycles. The van der Waals surface area contributed by atoms with Crippen LogP contribution in [0.3, 0.4) is 0 Å². The highest BCUT2D eigenvalue weighted by atomic mass is 32.1. The zero-order valence-electron chi connectivity index (χ0n) is 12.5. The Balaban J connectivity index is 2.09. The van der Waals surface area contributed by atoms with E-state index in [9.17, 15) is 9.18 Å². The number of aromatic nitrogens is 1. The summed E-state index contributed by atoms with van der Waals surface area (Å²) in [5.74, 6) is -0.627. The Bertz CT molecular complexity index is 881. The van der Waals surface area contributed by atoms with Crippen molar-refractivity contribution in [2.75, 3.05) is 13.2 Å². The van der Waals surface area contributed by atoms with Gasteiger partial charge in [0.05, 0.1) is 21.7 Å². The van der Waals surface area contributed by atoms with Crippen molar-refractivity contribution in [3.8, 4) is 0 Å². The van der Waals surface area contributed by atoms with E-state index in [0.29, 0.717) is 35.0 Å². The maximum absolute atomic E-state index is 14.2. The molecule has 1 amide bonds. The summed E-state index contributed by atoms with van der Waals surface area (Å²) in [7, 11) is 0. The van der Waals surface area contributed by atoms with Gasteiger partial charge in [-0.3, -0.25) is 4.79 Å². The maximum atomic E-state index is 14.2. The van der Waals surface area contributed by atoms with Crippen LogP contribution in [0, 0.1) is 5.82 Å². The lowest BCUT2D eigenvalue weighted by Gasteiger charge is -2.05. The van der Waals surface area contributed by atoms with Gasteiger partial charge in [0, 0.05) is 13.2 Å². The van der Waals surface area contributed by atoms with Crippen LogP contribution >= 0.6 is 22.7 Å². The quantitative estimate of drug-likeness (QED) is 0.659. The number of amides is 1. The first kappa shape index (κ1) is 16.0. The van der Waals surface area contributed by atoms with Gasteiger partial charge < -0.3 is 9.30 Å². The molecule has 0 saturated heterocycles. The fourth-order valence-corrected chi connectivity index (χ4v) is 3.90. The first-order chi connectivity index (χ1) is 11.2. The average molecular weight is 350 g/mol. The second-order valence-electron chi connectivity index (χ2n) is 4.71. The first-order valence-corrected chi connectivity index (χ1v) is 8.88. The van der Waals surface area contributed by atoms with Gasteiger partial charge in [-0.2, -0.15) is 4.99 Å². The van der Waals surface area contributed by atoms with Crippen LogP contribution < -0.4 is 4.80 Å². The van der Waals surface area contributed by atoms with Crippen LogP contribution in [0.1, 0.15) is 16.6 Å². The van der Waals surface area contributed by atoms with E-state index in [1.807, 2.05) is 18.4 Å². The summed E-state index contributed by atoms with van der Waals surface area (Å²) in [6.45, 7) is 3.39. The minimum Gasteiger partial charge on any atom is -0.380 e. The number of nitrogens with zero attached hydrogens (tertiary/aromatic N) is 2. The molecule has 0 saturated carbocycles. The Morgan fingerprint density at radius 3 is 2.96 bits per heavy atom. The molecule has 0 bridgehead atoms. The smallest absolute Gasteiger partial charge is 0.289 e. The van der Waals surface area contributed by atoms with Crippen molar-refractivity contribution in [1.82, 2.24) is 4.57 Å². The fourth-order valence-electron chi connectivity index (χ4n) is 2.22. The molecule has 0 fully saturated rings. The highest BCUT2D eigenvalue weighted by Crippen LogP contribution is 2.20. The zero-order valence-corrected chi connectivity index (χ0v) is 14.1. The summed E-state index contributed by atoms with van der Waals surface area (Å²) >= 11 is 2.65. The second kappa shape index (κ2) is 7.16. The van der Waals surface area contributed by atoms with E-state index in [1.165, 1.54) is 28.7 Å². The number of ether oxygens (including phenoxy) is 1. The van der Waals surface area contributed by atoms with Gasteiger partial charge in [0.15, 0.2) is 4.80 Å². The third-order valence-corrected chi connectivity index (χ3v) is 5.15. The van der Waals surface area contributed by atoms with Crippen molar-refractivity contribution in [2.24, 2.45) is 4.99 Å². The van der Waals surface area contributed by atoms with Crippen molar-refractivity contribution in [3.05, 3.63) is 51.2 Å². The molecule has 2 heterocycles. The number of rotatable bonds is 5. The molecule has 2 aromatic heterocycles.